The molecule has 0 aliphatic rings. The molecule has 6 heteroatoms. The smallest absolute Gasteiger partial charge is 0.124 e. The molecule has 0 unspecified atom stereocenters. The summed E-state index contributed by atoms with van der Waals surface area (Å²) >= 11 is 0. The quantitative estimate of drug-likeness (QED) is 0.222. The standard InChI is InChI=1S/C34H17B5O/c35-30-29(31(36)33(38)34(39)32(30)37)28-24-11-5-3-9-22(24)27(23-10-4-6-12-25(23)28)17-13-14-19-18(15-17)16-26(40)21-8-2-1-7-20(19)21/h1-16,40H. The molecule has 0 aliphatic carbocycles. The van der Waals surface area contributed by atoms with Gasteiger partial charge in [0.1, 0.15) is 45.0 Å². The van der Waals surface area contributed by atoms with E-state index in [1.807, 2.05) is 54.6 Å². The molecule has 0 atom stereocenters. The van der Waals surface area contributed by atoms with E-state index in [1.165, 1.54) is 0 Å². The van der Waals surface area contributed by atoms with E-state index in [0.717, 1.165) is 59.8 Å². The maximum atomic E-state index is 10.8. The average molecular weight is 496 g/mol. The zero-order valence-electron chi connectivity index (χ0n) is 21.6. The molecule has 0 aliphatic heterocycles. The van der Waals surface area contributed by atoms with Gasteiger partial charge >= 0.3 is 0 Å². The van der Waals surface area contributed by atoms with Crippen LogP contribution >= 0.6 is 0 Å². The van der Waals surface area contributed by atoms with E-state index in [9.17, 15) is 5.11 Å². The molecule has 10 radical (unpaired) electrons. The zero-order chi connectivity index (χ0) is 27.7. The molecule has 174 valence electrons. The van der Waals surface area contributed by atoms with Gasteiger partial charge in [-0.15, -0.1) is 16.4 Å². The number of phenolic OH excluding ortho intramolecular Hbond substituents is 1. The number of hydrogen-bond donors (Lipinski definition) is 1. The Morgan fingerprint density at radius 2 is 0.825 bits per heavy atom. The zero-order valence-corrected chi connectivity index (χ0v) is 21.6. The Bertz CT molecular complexity index is 2100. The van der Waals surface area contributed by atoms with E-state index in [0.29, 0.717) is 16.5 Å². The van der Waals surface area contributed by atoms with Crippen molar-refractivity contribution in [3.63, 3.8) is 0 Å². The van der Waals surface area contributed by atoms with Crippen molar-refractivity contribution in [1.29, 1.82) is 0 Å². The van der Waals surface area contributed by atoms with Crippen LogP contribution in [0.4, 0.5) is 0 Å². The average Bonchev–Trinajstić information content (AvgIpc) is 2.98. The molecule has 0 spiro atoms. The lowest BCUT2D eigenvalue weighted by atomic mass is 9.59. The molecule has 0 amide bonds. The first-order valence-electron chi connectivity index (χ1n) is 13.0. The number of fused-ring (bicyclic) bond motifs is 5. The van der Waals surface area contributed by atoms with Crippen molar-refractivity contribution < 1.29 is 5.11 Å². The van der Waals surface area contributed by atoms with Crippen molar-refractivity contribution in [2.24, 2.45) is 0 Å². The fourth-order valence-electron chi connectivity index (χ4n) is 6.08. The van der Waals surface area contributed by atoms with Gasteiger partial charge in [0.25, 0.3) is 0 Å². The topological polar surface area (TPSA) is 20.2 Å². The van der Waals surface area contributed by atoms with Crippen LogP contribution in [-0.2, 0) is 0 Å². The van der Waals surface area contributed by atoms with Crippen molar-refractivity contribution >= 4 is 110 Å². The SMILES string of the molecule is [B]c1c([B])c([B])c(-c2c3ccccc3c(-c3ccc4c(c3)cc(O)c3ccccc34)c3ccccc23)c([B])c1[B]. The summed E-state index contributed by atoms with van der Waals surface area (Å²) in [5.74, 6) is 0.259. The van der Waals surface area contributed by atoms with E-state index in [1.54, 1.807) is 0 Å². The van der Waals surface area contributed by atoms with Crippen LogP contribution in [0.15, 0.2) is 97.1 Å². The lowest BCUT2D eigenvalue weighted by Gasteiger charge is -2.25. The van der Waals surface area contributed by atoms with Crippen molar-refractivity contribution in [2.45, 2.75) is 0 Å². The van der Waals surface area contributed by atoms with Crippen LogP contribution in [0.1, 0.15) is 0 Å². The van der Waals surface area contributed by atoms with Gasteiger partial charge in [0.05, 0.1) is 0 Å². The Hall–Kier alpha value is -4.30. The largest absolute Gasteiger partial charge is 0.507 e. The molecule has 40 heavy (non-hydrogen) atoms. The fraction of sp³-hybridized carbons (Fsp3) is 0. The highest BCUT2D eigenvalue weighted by Crippen LogP contribution is 2.44. The maximum Gasteiger partial charge on any atom is 0.124 e. The van der Waals surface area contributed by atoms with Gasteiger partial charge in [0.2, 0.25) is 0 Å². The molecule has 0 bridgehead atoms. The summed E-state index contributed by atoms with van der Waals surface area (Å²) in [5, 5.41) is 18.6. The summed E-state index contributed by atoms with van der Waals surface area (Å²) in [7, 11) is 31.9. The molecule has 0 fully saturated rings. The molecule has 0 aromatic heterocycles. The minimum absolute atomic E-state index is 0.191. The number of phenols is 1. The number of aromatic hydroxyl groups is 1. The maximum absolute atomic E-state index is 10.8. The van der Waals surface area contributed by atoms with Crippen LogP contribution in [0.3, 0.4) is 0 Å². The Morgan fingerprint density at radius 1 is 0.375 bits per heavy atom. The third kappa shape index (κ3) is 3.49. The predicted molar refractivity (Wildman–Crippen MR) is 176 cm³/mol. The van der Waals surface area contributed by atoms with Gasteiger partial charge < -0.3 is 5.11 Å². The third-order valence-electron chi connectivity index (χ3n) is 8.01. The summed E-state index contributed by atoms with van der Waals surface area (Å²) in [6, 6.07) is 32.5. The van der Waals surface area contributed by atoms with E-state index >= 15 is 0 Å². The van der Waals surface area contributed by atoms with Gasteiger partial charge in [-0.05, 0) is 72.1 Å². The van der Waals surface area contributed by atoms with Crippen LogP contribution in [0.25, 0.3) is 65.3 Å². The predicted octanol–water partition coefficient (Wildman–Crippen LogP) is 3.31. The molecule has 0 heterocycles. The van der Waals surface area contributed by atoms with Crippen molar-refractivity contribution in [3.05, 3.63) is 97.1 Å². The first-order chi connectivity index (χ1) is 19.4. The minimum Gasteiger partial charge on any atom is -0.507 e. The van der Waals surface area contributed by atoms with Crippen molar-refractivity contribution in [1.82, 2.24) is 0 Å². The number of rotatable bonds is 2. The van der Waals surface area contributed by atoms with E-state index in [2.05, 4.69) is 42.5 Å². The molecule has 0 saturated heterocycles. The van der Waals surface area contributed by atoms with Gasteiger partial charge in [-0.3, -0.25) is 0 Å². The molecule has 7 aromatic carbocycles. The molecule has 1 nitrogen and oxygen atoms in total. The molecule has 7 rings (SSSR count). The number of hydrogen-bond acceptors (Lipinski definition) is 1. The molecule has 1 N–H and O–H groups in total. The Kier molecular flexibility index (Phi) is 5.64. The van der Waals surface area contributed by atoms with Gasteiger partial charge in [0.15, 0.2) is 0 Å². The summed E-state index contributed by atoms with van der Waals surface area (Å²) in [6.07, 6.45) is 0. The Morgan fingerprint density at radius 3 is 1.38 bits per heavy atom. The van der Waals surface area contributed by atoms with Crippen LogP contribution in [-0.4, -0.2) is 44.3 Å². The molecule has 0 saturated carbocycles. The number of benzene rings is 7. The second-order valence-corrected chi connectivity index (χ2v) is 10.2. The van der Waals surface area contributed by atoms with Crippen LogP contribution < -0.4 is 27.3 Å². The lowest BCUT2D eigenvalue weighted by molar-refractivity contribution is 0.482. The van der Waals surface area contributed by atoms with Crippen molar-refractivity contribution in [2.75, 3.05) is 0 Å². The molecule has 7 aromatic rings. The summed E-state index contributed by atoms with van der Waals surface area (Å²) in [6.45, 7) is 0. The fourth-order valence-corrected chi connectivity index (χ4v) is 6.08. The van der Waals surface area contributed by atoms with Crippen molar-refractivity contribution in [3.8, 4) is 28.0 Å². The van der Waals surface area contributed by atoms with Gasteiger partial charge in [-0.25, -0.2) is 0 Å². The van der Waals surface area contributed by atoms with Gasteiger partial charge in [-0.2, -0.15) is 0 Å². The second-order valence-electron chi connectivity index (χ2n) is 10.2. The first kappa shape index (κ1) is 24.7. The second kappa shape index (κ2) is 9.13. The normalized spacial score (nSPS) is 11.6. The van der Waals surface area contributed by atoms with E-state index in [4.69, 9.17) is 39.2 Å². The Balaban J connectivity index is 1.62. The molecular formula is C34H17B5O. The van der Waals surface area contributed by atoms with Gasteiger partial charge in [0, 0.05) is 5.39 Å². The van der Waals surface area contributed by atoms with Crippen LogP contribution in [0.2, 0.25) is 0 Å². The first-order valence-corrected chi connectivity index (χ1v) is 13.0. The minimum atomic E-state index is 0.191. The Labute approximate surface area is 239 Å². The summed E-state index contributed by atoms with van der Waals surface area (Å²) < 4.78 is 0. The van der Waals surface area contributed by atoms with Crippen LogP contribution in [0.5, 0.6) is 5.75 Å². The van der Waals surface area contributed by atoms with E-state index < -0.39 is 0 Å². The highest BCUT2D eigenvalue weighted by atomic mass is 16.3. The van der Waals surface area contributed by atoms with Gasteiger partial charge in [-0.1, -0.05) is 95.9 Å². The highest BCUT2D eigenvalue weighted by Gasteiger charge is 2.20. The molecular weight excluding hydrogens is 478 g/mol. The van der Waals surface area contributed by atoms with Crippen LogP contribution in [0, 0.1) is 0 Å². The third-order valence-corrected chi connectivity index (χ3v) is 8.01. The monoisotopic (exact) mass is 496 g/mol. The van der Waals surface area contributed by atoms with E-state index in [-0.39, 0.29) is 22.1 Å². The summed E-state index contributed by atoms with van der Waals surface area (Å²) in [4.78, 5) is 0. The lowest BCUT2D eigenvalue weighted by Crippen LogP contribution is -2.55. The highest BCUT2D eigenvalue weighted by molar-refractivity contribution is 6.69. The summed E-state index contributed by atoms with van der Waals surface area (Å²) in [5.41, 5.74) is 4.78.